The van der Waals surface area contributed by atoms with Crippen LogP contribution in [0.4, 0.5) is 8.78 Å². The molecule has 1 unspecified atom stereocenters. The molecule has 0 N–H and O–H groups in total. The average molecular weight is 372 g/mol. The Morgan fingerprint density at radius 2 is 1.33 bits per heavy atom. The Morgan fingerprint density at radius 1 is 0.852 bits per heavy atom. The molecular weight excluding hydrogens is 350 g/mol. The van der Waals surface area contributed by atoms with E-state index in [1.54, 1.807) is 21.9 Å². The van der Waals surface area contributed by atoms with E-state index in [0.29, 0.717) is 38.2 Å². The number of nitrogens with zero attached hydrogens (tertiary/aromatic N) is 2. The Kier molecular flexibility index (Phi) is 5.84. The quantitative estimate of drug-likeness (QED) is 0.825. The third-order valence-corrected chi connectivity index (χ3v) is 4.93. The fourth-order valence-electron chi connectivity index (χ4n) is 3.23. The van der Waals surface area contributed by atoms with Gasteiger partial charge in [-0.15, -0.1) is 0 Å². The summed E-state index contributed by atoms with van der Waals surface area (Å²) in [5.41, 5.74) is 1.37. The summed E-state index contributed by atoms with van der Waals surface area (Å²) in [7, 11) is 0. The van der Waals surface area contributed by atoms with Crippen molar-refractivity contribution < 1.29 is 18.4 Å². The molecule has 27 heavy (non-hydrogen) atoms. The molecule has 2 aromatic carbocycles. The van der Waals surface area contributed by atoms with Crippen molar-refractivity contribution in [3.63, 3.8) is 0 Å². The molecule has 1 atom stereocenters. The van der Waals surface area contributed by atoms with Crippen molar-refractivity contribution in [3.05, 3.63) is 71.3 Å². The highest BCUT2D eigenvalue weighted by atomic mass is 19.1. The summed E-state index contributed by atoms with van der Waals surface area (Å²) in [5.74, 6) is -0.795. The Balaban J connectivity index is 1.52. The van der Waals surface area contributed by atoms with Crippen LogP contribution in [0.3, 0.4) is 0 Å². The first kappa shape index (κ1) is 19.0. The maximum atomic E-state index is 13.0. The van der Waals surface area contributed by atoms with Crippen LogP contribution in [0, 0.1) is 11.6 Å². The maximum Gasteiger partial charge on any atom is 0.253 e. The first-order chi connectivity index (χ1) is 12.9. The molecule has 0 aromatic heterocycles. The lowest BCUT2D eigenvalue weighted by Gasteiger charge is -2.35. The van der Waals surface area contributed by atoms with Crippen LogP contribution in [-0.4, -0.2) is 47.8 Å². The zero-order valence-electron chi connectivity index (χ0n) is 15.2. The molecular formula is C21H22F2N2O2. The lowest BCUT2D eigenvalue weighted by Crippen LogP contribution is -2.50. The molecule has 2 amide bonds. The molecule has 0 spiro atoms. The number of benzene rings is 2. The molecule has 1 fully saturated rings. The Hall–Kier alpha value is -2.76. The Morgan fingerprint density at radius 3 is 1.89 bits per heavy atom. The fraction of sp³-hybridized carbons (Fsp3) is 0.333. The van der Waals surface area contributed by atoms with Crippen molar-refractivity contribution in [2.45, 2.75) is 19.3 Å². The Bertz CT molecular complexity index is 798. The number of piperazine rings is 1. The van der Waals surface area contributed by atoms with E-state index in [0.717, 1.165) is 5.56 Å². The number of carbonyl (C=O) groups is 2. The topological polar surface area (TPSA) is 40.6 Å². The molecule has 0 bridgehead atoms. The summed E-state index contributed by atoms with van der Waals surface area (Å²) in [6.45, 7) is 3.79. The average Bonchev–Trinajstić information content (AvgIpc) is 2.68. The monoisotopic (exact) mass is 372 g/mol. The number of hydrogen-bond acceptors (Lipinski definition) is 2. The normalized spacial score (nSPS) is 15.5. The van der Waals surface area contributed by atoms with E-state index in [9.17, 15) is 18.4 Å². The first-order valence-corrected chi connectivity index (χ1v) is 9.02. The standard InChI is InChI=1S/C21H22F2N2O2/c1-15(16-2-6-18(22)7-3-16)14-20(26)24-10-12-25(13-11-24)21(27)17-4-8-19(23)9-5-17/h2-9,15H,10-14H2,1H3. The highest BCUT2D eigenvalue weighted by Crippen LogP contribution is 2.21. The van der Waals surface area contributed by atoms with Crippen molar-refractivity contribution in [3.8, 4) is 0 Å². The second kappa shape index (κ2) is 8.29. The van der Waals surface area contributed by atoms with Gasteiger partial charge in [0, 0.05) is 38.2 Å². The number of amides is 2. The van der Waals surface area contributed by atoms with Crippen molar-refractivity contribution >= 4 is 11.8 Å². The summed E-state index contributed by atoms with van der Waals surface area (Å²) in [6, 6.07) is 11.7. The first-order valence-electron chi connectivity index (χ1n) is 9.02. The van der Waals surface area contributed by atoms with Crippen LogP contribution in [-0.2, 0) is 4.79 Å². The molecule has 1 saturated heterocycles. The van der Waals surface area contributed by atoms with Gasteiger partial charge in [0.2, 0.25) is 5.91 Å². The Labute approximate surface area is 157 Å². The third-order valence-electron chi connectivity index (χ3n) is 4.93. The van der Waals surface area contributed by atoms with Crippen LogP contribution in [0.2, 0.25) is 0 Å². The molecule has 6 heteroatoms. The van der Waals surface area contributed by atoms with Gasteiger partial charge in [0.25, 0.3) is 5.91 Å². The number of rotatable bonds is 4. The van der Waals surface area contributed by atoms with E-state index >= 15 is 0 Å². The summed E-state index contributed by atoms with van der Waals surface area (Å²) in [6.07, 6.45) is 0.345. The maximum absolute atomic E-state index is 13.0. The summed E-state index contributed by atoms with van der Waals surface area (Å²) >= 11 is 0. The SMILES string of the molecule is CC(CC(=O)N1CCN(C(=O)c2ccc(F)cc2)CC1)c1ccc(F)cc1. The summed E-state index contributed by atoms with van der Waals surface area (Å²) in [4.78, 5) is 28.4. The van der Waals surface area contributed by atoms with Gasteiger partial charge < -0.3 is 9.80 Å². The van der Waals surface area contributed by atoms with E-state index in [1.807, 2.05) is 6.92 Å². The molecule has 0 aliphatic carbocycles. The van der Waals surface area contributed by atoms with Gasteiger partial charge in [-0.05, 0) is 47.9 Å². The minimum absolute atomic E-state index is 0.00280. The van der Waals surface area contributed by atoms with Crippen LogP contribution in [0.1, 0.15) is 35.2 Å². The number of hydrogen-bond donors (Lipinski definition) is 0. The molecule has 1 aliphatic rings. The predicted molar refractivity (Wildman–Crippen MR) is 98.3 cm³/mol. The van der Waals surface area contributed by atoms with Crippen LogP contribution in [0.15, 0.2) is 48.5 Å². The predicted octanol–water partition coefficient (Wildman–Crippen LogP) is 3.44. The zero-order chi connectivity index (χ0) is 19.4. The van der Waals surface area contributed by atoms with Crippen LogP contribution in [0.25, 0.3) is 0 Å². The van der Waals surface area contributed by atoms with Gasteiger partial charge in [-0.2, -0.15) is 0 Å². The van der Waals surface area contributed by atoms with E-state index in [1.165, 1.54) is 36.4 Å². The lowest BCUT2D eigenvalue weighted by molar-refractivity contribution is -0.133. The highest BCUT2D eigenvalue weighted by molar-refractivity contribution is 5.94. The number of carbonyl (C=O) groups excluding carboxylic acids is 2. The molecule has 1 aliphatic heterocycles. The van der Waals surface area contributed by atoms with Gasteiger partial charge in [-0.25, -0.2) is 8.78 Å². The van der Waals surface area contributed by atoms with Gasteiger partial charge in [0.05, 0.1) is 0 Å². The smallest absolute Gasteiger partial charge is 0.253 e. The van der Waals surface area contributed by atoms with E-state index in [-0.39, 0.29) is 29.4 Å². The van der Waals surface area contributed by atoms with Crippen molar-refractivity contribution in [1.29, 1.82) is 0 Å². The third kappa shape index (κ3) is 4.70. The van der Waals surface area contributed by atoms with E-state index < -0.39 is 0 Å². The number of halogens is 2. The summed E-state index contributed by atoms with van der Waals surface area (Å²) in [5, 5.41) is 0. The minimum atomic E-state index is -0.378. The molecule has 0 radical (unpaired) electrons. The zero-order valence-corrected chi connectivity index (χ0v) is 15.2. The molecule has 3 rings (SSSR count). The largest absolute Gasteiger partial charge is 0.339 e. The van der Waals surface area contributed by atoms with Gasteiger partial charge in [-0.1, -0.05) is 19.1 Å². The molecule has 4 nitrogen and oxygen atoms in total. The summed E-state index contributed by atoms with van der Waals surface area (Å²) < 4.78 is 26.0. The van der Waals surface area contributed by atoms with E-state index in [2.05, 4.69) is 0 Å². The van der Waals surface area contributed by atoms with Crippen molar-refractivity contribution in [2.24, 2.45) is 0 Å². The van der Waals surface area contributed by atoms with Crippen LogP contribution < -0.4 is 0 Å². The van der Waals surface area contributed by atoms with Gasteiger partial charge in [0.1, 0.15) is 11.6 Å². The molecule has 1 heterocycles. The minimum Gasteiger partial charge on any atom is -0.339 e. The molecule has 2 aromatic rings. The lowest BCUT2D eigenvalue weighted by atomic mass is 9.97. The van der Waals surface area contributed by atoms with Gasteiger partial charge in [0.15, 0.2) is 0 Å². The van der Waals surface area contributed by atoms with Crippen molar-refractivity contribution in [1.82, 2.24) is 9.80 Å². The second-order valence-electron chi connectivity index (χ2n) is 6.84. The fourth-order valence-corrected chi connectivity index (χ4v) is 3.23. The van der Waals surface area contributed by atoms with Gasteiger partial charge in [-0.3, -0.25) is 9.59 Å². The van der Waals surface area contributed by atoms with Crippen LogP contribution in [0.5, 0.6) is 0 Å². The van der Waals surface area contributed by atoms with Gasteiger partial charge >= 0.3 is 0 Å². The highest BCUT2D eigenvalue weighted by Gasteiger charge is 2.25. The molecule has 142 valence electrons. The molecule has 0 saturated carbocycles. The second-order valence-corrected chi connectivity index (χ2v) is 6.84. The van der Waals surface area contributed by atoms with Crippen LogP contribution >= 0.6 is 0 Å². The van der Waals surface area contributed by atoms with E-state index in [4.69, 9.17) is 0 Å². The van der Waals surface area contributed by atoms with Crippen molar-refractivity contribution in [2.75, 3.05) is 26.2 Å².